The van der Waals surface area contributed by atoms with Gasteiger partial charge in [-0.3, -0.25) is 4.99 Å². The second-order valence-electron chi connectivity index (χ2n) is 5.37. The van der Waals surface area contributed by atoms with E-state index >= 15 is 0 Å². The lowest BCUT2D eigenvalue weighted by Crippen LogP contribution is -2.52. The molecule has 0 atom stereocenters. The van der Waals surface area contributed by atoms with Crippen molar-refractivity contribution >= 4 is 22.3 Å². The average Bonchev–Trinajstić information content (AvgIpc) is 3.09. The Kier molecular flexibility index (Phi) is 7.53. The molecule has 0 bridgehead atoms. The molecular formula is C16H28N4OS. The van der Waals surface area contributed by atoms with Gasteiger partial charge in [-0.05, 0) is 23.9 Å². The number of ether oxygens (including phenoxy) is 1. The lowest BCUT2D eigenvalue weighted by Gasteiger charge is -2.37. The van der Waals surface area contributed by atoms with Gasteiger partial charge in [-0.15, -0.1) is 11.3 Å². The van der Waals surface area contributed by atoms with Crippen molar-refractivity contribution in [2.75, 3.05) is 57.9 Å². The monoisotopic (exact) mass is 324 g/mol. The second-order valence-corrected chi connectivity index (χ2v) is 6.29. The number of thiophene rings is 1. The molecule has 1 aliphatic heterocycles. The Morgan fingerprint density at radius 1 is 1.32 bits per heavy atom. The summed E-state index contributed by atoms with van der Waals surface area (Å²) < 4.78 is 5.58. The van der Waals surface area contributed by atoms with Crippen LogP contribution in [0.1, 0.15) is 19.8 Å². The van der Waals surface area contributed by atoms with Crippen LogP contribution in [0.5, 0.6) is 0 Å². The minimum absolute atomic E-state index is 0.744. The third kappa shape index (κ3) is 5.18. The smallest absolute Gasteiger partial charge is 0.193 e. The van der Waals surface area contributed by atoms with Crippen LogP contribution in [0.4, 0.5) is 5.00 Å². The van der Waals surface area contributed by atoms with Crippen LogP contribution in [0, 0.1) is 0 Å². The summed E-state index contributed by atoms with van der Waals surface area (Å²) in [5.74, 6) is 0.991. The van der Waals surface area contributed by atoms with Crippen LogP contribution in [-0.4, -0.2) is 63.8 Å². The van der Waals surface area contributed by atoms with Gasteiger partial charge in [0, 0.05) is 46.4 Å². The molecule has 22 heavy (non-hydrogen) atoms. The molecule has 0 aromatic carbocycles. The summed E-state index contributed by atoms with van der Waals surface area (Å²) in [7, 11) is 1.85. The van der Waals surface area contributed by atoms with Gasteiger partial charge in [0.2, 0.25) is 0 Å². The summed E-state index contributed by atoms with van der Waals surface area (Å²) in [5, 5.41) is 6.91. The van der Waals surface area contributed by atoms with E-state index in [-0.39, 0.29) is 0 Å². The van der Waals surface area contributed by atoms with Crippen LogP contribution in [0.25, 0.3) is 0 Å². The van der Waals surface area contributed by atoms with E-state index in [2.05, 4.69) is 44.5 Å². The van der Waals surface area contributed by atoms with E-state index in [1.54, 1.807) is 0 Å². The van der Waals surface area contributed by atoms with Gasteiger partial charge in [-0.2, -0.15) is 0 Å². The second kappa shape index (κ2) is 9.69. The number of nitrogens with zero attached hydrogens (tertiary/aromatic N) is 3. The van der Waals surface area contributed by atoms with Gasteiger partial charge < -0.3 is 19.9 Å². The molecule has 2 rings (SSSR count). The van der Waals surface area contributed by atoms with Crippen LogP contribution in [0.15, 0.2) is 22.5 Å². The van der Waals surface area contributed by atoms with Crippen molar-refractivity contribution in [3.05, 3.63) is 17.5 Å². The van der Waals surface area contributed by atoms with Gasteiger partial charge >= 0.3 is 0 Å². The summed E-state index contributed by atoms with van der Waals surface area (Å²) in [6.45, 7) is 8.72. The van der Waals surface area contributed by atoms with Crippen molar-refractivity contribution in [1.29, 1.82) is 0 Å². The third-order valence-electron chi connectivity index (χ3n) is 3.78. The number of hydrogen-bond donors (Lipinski definition) is 1. The average molecular weight is 324 g/mol. The molecule has 1 aromatic heterocycles. The minimum atomic E-state index is 0.744. The van der Waals surface area contributed by atoms with Crippen molar-refractivity contribution in [1.82, 2.24) is 10.2 Å². The van der Waals surface area contributed by atoms with E-state index in [4.69, 9.17) is 4.74 Å². The highest BCUT2D eigenvalue weighted by Gasteiger charge is 2.19. The fraction of sp³-hybridized carbons (Fsp3) is 0.688. The zero-order valence-corrected chi connectivity index (χ0v) is 14.6. The molecule has 1 aliphatic rings. The van der Waals surface area contributed by atoms with Crippen molar-refractivity contribution in [2.45, 2.75) is 19.8 Å². The Morgan fingerprint density at radius 2 is 2.14 bits per heavy atom. The first-order valence-electron chi connectivity index (χ1n) is 8.17. The maximum Gasteiger partial charge on any atom is 0.193 e. The van der Waals surface area contributed by atoms with Crippen LogP contribution in [-0.2, 0) is 4.74 Å². The molecule has 1 aromatic rings. The Balaban J connectivity index is 1.67. The van der Waals surface area contributed by atoms with Crippen LogP contribution in [0.2, 0.25) is 0 Å². The summed E-state index contributed by atoms with van der Waals surface area (Å²) in [6, 6.07) is 4.31. The number of aliphatic imine (C=N–C) groups is 1. The lowest BCUT2D eigenvalue weighted by atomic mass is 10.3. The van der Waals surface area contributed by atoms with Gasteiger partial charge in [0.15, 0.2) is 5.96 Å². The molecular weight excluding hydrogens is 296 g/mol. The van der Waals surface area contributed by atoms with Crippen LogP contribution >= 0.6 is 11.3 Å². The maximum absolute atomic E-state index is 5.58. The molecule has 0 aliphatic carbocycles. The van der Waals surface area contributed by atoms with Gasteiger partial charge in [0.25, 0.3) is 0 Å². The Labute approximate surface area is 138 Å². The van der Waals surface area contributed by atoms with Gasteiger partial charge in [0.05, 0.1) is 11.6 Å². The Bertz CT molecular complexity index is 427. The molecule has 0 spiro atoms. The highest BCUT2D eigenvalue weighted by Crippen LogP contribution is 2.22. The van der Waals surface area contributed by atoms with E-state index in [1.165, 1.54) is 11.4 Å². The van der Waals surface area contributed by atoms with Gasteiger partial charge in [0.1, 0.15) is 0 Å². The molecule has 0 amide bonds. The van der Waals surface area contributed by atoms with Crippen molar-refractivity contribution in [2.24, 2.45) is 4.99 Å². The Hall–Kier alpha value is -1.27. The number of piperazine rings is 1. The SMILES string of the molecule is CCCCOCCNC(=NC)N1CCN(c2cccs2)CC1. The molecule has 1 fully saturated rings. The molecule has 124 valence electrons. The van der Waals surface area contributed by atoms with E-state index in [0.29, 0.717) is 0 Å². The van der Waals surface area contributed by atoms with E-state index in [1.807, 2.05) is 18.4 Å². The van der Waals surface area contributed by atoms with E-state index in [0.717, 1.165) is 58.3 Å². The normalized spacial score (nSPS) is 16.2. The van der Waals surface area contributed by atoms with E-state index in [9.17, 15) is 0 Å². The summed E-state index contributed by atoms with van der Waals surface area (Å²) in [6.07, 6.45) is 2.32. The molecule has 0 saturated carbocycles. The van der Waals surface area contributed by atoms with Crippen LogP contribution in [0.3, 0.4) is 0 Å². The zero-order chi connectivity index (χ0) is 15.6. The number of rotatable bonds is 7. The molecule has 1 saturated heterocycles. The number of hydrogen-bond acceptors (Lipinski definition) is 4. The van der Waals surface area contributed by atoms with Crippen molar-refractivity contribution in [3.63, 3.8) is 0 Å². The molecule has 1 N–H and O–H groups in total. The predicted octanol–water partition coefficient (Wildman–Crippen LogP) is 2.26. The quantitative estimate of drug-likeness (QED) is 0.474. The van der Waals surface area contributed by atoms with Crippen molar-refractivity contribution < 1.29 is 4.74 Å². The fourth-order valence-electron chi connectivity index (χ4n) is 2.50. The first-order valence-corrected chi connectivity index (χ1v) is 9.05. The number of nitrogens with one attached hydrogen (secondary N) is 1. The first kappa shape index (κ1) is 17.1. The lowest BCUT2D eigenvalue weighted by molar-refractivity contribution is 0.135. The molecule has 2 heterocycles. The maximum atomic E-state index is 5.58. The minimum Gasteiger partial charge on any atom is -0.380 e. The molecule has 0 radical (unpaired) electrons. The third-order valence-corrected chi connectivity index (χ3v) is 4.71. The number of guanidine groups is 1. The zero-order valence-electron chi connectivity index (χ0n) is 13.8. The number of unbranched alkanes of at least 4 members (excludes halogenated alkanes) is 1. The predicted molar refractivity (Wildman–Crippen MR) is 95.2 cm³/mol. The summed E-state index contributed by atoms with van der Waals surface area (Å²) in [4.78, 5) is 9.17. The van der Waals surface area contributed by atoms with E-state index < -0.39 is 0 Å². The summed E-state index contributed by atoms with van der Waals surface area (Å²) >= 11 is 1.81. The summed E-state index contributed by atoms with van der Waals surface area (Å²) in [5.41, 5.74) is 0. The first-order chi connectivity index (χ1) is 10.8. The topological polar surface area (TPSA) is 40.1 Å². The van der Waals surface area contributed by atoms with Crippen molar-refractivity contribution in [3.8, 4) is 0 Å². The number of anilines is 1. The Morgan fingerprint density at radius 3 is 2.77 bits per heavy atom. The largest absolute Gasteiger partial charge is 0.380 e. The standard InChI is InChI=1S/C16H28N4OS/c1-3-4-12-21-13-7-18-16(17-2)20-10-8-19(9-11-20)15-6-5-14-22-15/h5-6,14H,3-4,7-13H2,1-2H3,(H,17,18). The van der Waals surface area contributed by atoms with Crippen LogP contribution < -0.4 is 10.2 Å². The highest BCUT2D eigenvalue weighted by molar-refractivity contribution is 7.14. The molecule has 0 unspecified atom stereocenters. The highest BCUT2D eigenvalue weighted by atomic mass is 32.1. The molecule has 6 heteroatoms. The van der Waals surface area contributed by atoms with Gasteiger partial charge in [-0.1, -0.05) is 13.3 Å². The van der Waals surface area contributed by atoms with Gasteiger partial charge in [-0.25, -0.2) is 0 Å². The molecule has 5 nitrogen and oxygen atoms in total. The fourth-order valence-corrected chi connectivity index (χ4v) is 3.29.